The highest BCUT2D eigenvalue weighted by atomic mass is 16.2. The van der Waals surface area contributed by atoms with E-state index < -0.39 is 0 Å². The number of carbonyl (C=O) groups is 3. The number of urea groups is 1. The van der Waals surface area contributed by atoms with E-state index >= 15 is 0 Å². The summed E-state index contributed by atoms with van der Waals surface area (Å²) in [5, 5.41) is 2.49. The van der Waals surface area contributed by atoms with Crippen molar-refractivity contribution in [1.82, 2.24) is 15.1 Å². The molecule has 0 unspecified atom stereocenters. The lowest BCUT2D eigenvalue weighted by atomic mass is 10.1. The summed E-state index contributed by atoms with van der Waals surface area (Å²) in [6.07, 6.45) is 0.992. The Bertz CT molecular complexity index is 828. The SMILES string of the molecule is CCc1ccc(CN(C)C(=O)c2ccc(CN3C(=O)CNC3=O)cc2)cc1. The molecule has 27 heavy (non-hydrogen) atoms. The monoisotopic (exact) mass is 365 g/mol. The van der Waals surface area contributed by atoms with Gasteiger partial charge in [0.25, 0.3) is 5.91 Å². The standard InChI is InChI=1S/C21H23N3O3/c1-3-15-4-6-16(7-5-15)13-23(2)20(26)18-10-8-17(9-11-18)14-24-19(25)12-22-21(24)27/h4-11H,3,12-14H2,1-2H3,(H,22,27). The van der Waals surface area contributed by atoms with Crippen LogP contribution < -0.4 is 5.32 Å². The average molecular weight is 365 g/mol. The number of hydrogen-bond acceptors (Lipinski definition) is 3. The van der Waals surface area contributed by atoms with Gasteiger partial charge in [0.05, 0.1) is 13.1 Å². The molecule has 2 aromatic rings. The quantitative estimate of drug-likeness (QED) is 0.800. The van der Waals surface area contributed by atoms with Crippen molar-refractivity contribution >= 4 is 17.8 Å². The Kier molecular flexibility index (Phi) is 5.54. The molecule has 1 aliphatic rings. The molecule has 140 valence electrons. The summed E-state index contributed by atoms with van der Waals surface area (Å²) >= 11 is 0. The van der Waals surface area contributed by atoms with Gasteiger partial charge >= 0.3 is 6.03 Å². The van der Waals surface area contributed by atoms with Crippen molar-refractivity contribution in [2.75, 3.05) is 13.6 Å². The third-order valence-electron chi connectivity index (χ3n) is 4.68. The van der Waals surface area contributed by atoms with Gasteiger partial charge in [-0.25, -0.2) is 4.79 Å². The maximum Gasteiger partial charge on any atom is 0.324 e. The summed E-state index contributed by atoms with van der Waals surface area (Å²) in [5.74, 6) is -0.315. The summed E-state index contributed by atoms with van der Waals surface area (Å²) in [4.78, 5) is 38.7. The smallest absolute Gasteiger partial charge is 0.324 e. The Labute approximate surface area is 158 Å². The molecule has 1 aliphatic heterocycles. The Morgan fingerprint density at radius 1 is 1.00 bits per heavy atom. The summed E-state index contributed by atoms with van der Waals surface area (Å²) in [7, 11) is 1.78. The Balaban J connectivity index is 1.62. The van der Waals surface area contributed by atoms with Gasteiger partial charge in [-0.15, -0.1) is 0 Å². The predicted molar refractivity (Wildman–Crippen MR) is 102 cm³/mol. The second-order valence-corrected chi connectivity index (χ2v) is 6.67. The van der Waals surface area contributed by atoms with Crippen LogP contribution in [0.3, 0.4) is 0 Å². The van der Waals surface area contributed by atoms with Crippen LogP contribution in [0.1, 0.15) is 34.0 Å². The van der Waals surface area contributed by atoms with E-state index in [9.17, 15) is 14.4 Å². The largest absolute Gasteiger partial charge is 0.337 e. The molecule has 0 radical (unpaired) electrons. The van der Waals surface area contributed by atoms with Crippen molar-refractivity contribution < 1.29 is 14.4 Å². The van der Waals surface area contributed by atoms with E-state index in [0.717, 1.165) is 17.5 Å². The van der Waals surface area contributed by atoms with E-state index in [1.54, 1.807) is 36.2 Å². The molecule has 1 heterocycles. The van der Waals surface area contributed by atoms with Crippen LogP contribution in [0.2, 0.25) is 0 Å². The van der Waals surface area contributed by atoms with Crippen molar-refractivity contribution in [2.24, 2.45) is 0 Å². The highest BCUT2D eigenvalue weighted by Crippen LogP contribution is 2.13. The average Bonchev–Trinajstić information content (AvgIpc) is 3.00. The molecule has 3 rings (SSSR count). The first-order chi connectivity index (χ1) is 13.0. The van der Waals surface area contributed by atoms with Gasteiger partial charge in [0.15, 0.2) is 0 Å². The fraction of sp³-hybridized carbons (Fsp3) is 0.286. The van der Waals surface area contributed by atoms with Crippen molar-refractivity contribution in [3.63, 3.8) is 0 Å². The molecular formula is C21H23N3O3. The van der Waals surface area contributed by atoms with Gasteiger partial charge in [0, 0.05) is 19.2 Å². The van der Waals surface area contributed by atoms with Crippen molar-refractivity contribution in [2.45, 2.75) is 26.4 Å². The van der Waals surface area contributed by atoms with Gasteiger partial charge in [0.1, 0.15) is 0 Å². The second kappa shape index (κ2) is 8.03. The van der Waals surface area contributed by atoms with Gasteiger partial charge in [-0.05, 0) is 35.2 Å². The normalized spacial score (nSPS) is 13.6. The van der Waals surface area contributed by atoms with Gasteiger partial charge in [-0.2, -0.15) is 0 Å². The number of amides is 4. The van der Waals surface area contributed by atoms with E-state index in [4.69, 9.17) is 0 Å². The van der Waals surface area contributed by atoms with E-state index in [-0.39, 0.29) is 30.9 Å². The number of imide groups is 1. The van der Waals surface area contributed by atoms with Gasteiger partial charge in [-0.3, -0.25) is 14.5 Å². The Morgan fingerprint density at radius 2 is 1.59 bits per heavy atom. The van der Waals surface area contributed by atoms with E-state index in [1.807, 2.05) is 12.1 Å². The van der Waals surface area contributed by atoms with Crippen molar-refractivity contribution in [3.8, 4) is 0 Å². The third-order valence-corrected chi connectivity index (χ3v) is 4.68. The minimum absolute atomic E-state index is 0.0411. The first kappa shape index (κ1) is 18.6. The predicted octanol–water partition coefficient (Wildman–Crippen LogP) is 2.57. The summed E-state index contributed by atoms with van der Waals surface area (Å²) in [5.41, 5.74) is 3.73. The minimum Gasteiger partial charge on any atom is -0.337 e. The van der Waals surface area contributed by atoms with Crippen LogP contribution in [0.5, 0.6) is 0 Å². The molecule has 6 heteroatoms. The van der Waals surface area contributed by atoms with Gasteiger partial charge in [0.2, 0.25) is 5.91 Å². The molecule has 0 bridgehead atoms. The van der Waals surface area contributed by atoms with Crippen LogP contribution >= 0.6 is 0 Å². The van der Waals surface area contributed by atoms with Crippen LogP contribution in [0.15, 0.2) is 48.5 Å². The maximum atomic E-state index is 12.6. The zero-order valence-electron chi connectivity index (χ0n) is 15.6. The molecule has 0 aliphatic carbocycles. The minimum atomic E-state index is -0.381. The van der Waals surface area contributed by atoms with Crippen molar-refractivity contribution in [1.29, 1.82) is 0 Å². The number of hydrogen-bond donors (Lipinski definition) is 1. The Hall–Kier alpha value is -3.15. The maximum absolute atomic E-state index is 12.6. The number of carbonyl (C=O) groups excluding carboxylic acids is 3. The molecule has 4 amide bonds. The van der Waals surface area contributed by atoms with Crippen LogP contribution in [0.25, 0.3) is 0 Å². The number of nitrogens with one attached hydrogen (secondary N) is 1. The van der Waals surface area contributed by atoms with Crippen LogP contribution in [0.4, 0.5) is 4.79 Å². The topological polar surface area (TPSA) is 69.7 Å². The third kappa shape index (κ3) is 4.34. The molecule has 1 N–H and O–H groups in total. The fourth-order valence-electron chi connectivity index (χ4n) is 3.00. The molecule has 0 spiro atoms. The molecule has 0 atom stereocenters. The first-order valence-electron chi connectivity index (χ1n) is 8.98. The molecule has 0 aromatic heterocycles. The van der Waals surface area contributed by atoms with Gasteiger partial charge in [-0.1, -0.05) is 43.3 Å². The zero-order valence-corrected chi connectivity index (χ0v) is 15.6. The van der Waals surface area contributed by atoms with Crippen LogP contribution in [-0.4, -0.2) is 41.2 Å². The number of rotatable bonds is 6. The molecule has 6 nitrogen and oxygen atoms in total. The molecular weight excluding hydrogens is 342 g/mol. The van der Waals surface area contributed by atoms with E-state index in [1.165, 1.54) is 10.5 Å². The van der Waals surface area contributed by atoms with Gasteiger partial charge < -0.3 is 10.2 Å². The summed E-state index contributed by atoms with van der Waals surface area (Å²) in [6.45, 7) is 2.89. The molecule has 2 aromatic carbocycles. The lowest BCUT2D eigenvalue weighted by molar-refractivity contribution is -0.125. The number of nitrogens with zero attached hydrogens (tertiary/aromatic N) is 2. The highest BCUT2D eigenvalue weighted by Gasteiger charge is 2.28. The Morgan fingerprint density at radius 3 is 2.15 bits per heavy atom. The lowest BCUT2D eigenvalue weighted by Gasteiger charge is -2.18. The van der Waals surface area contributed by atoms with Crippen LogP contribution in [0, 0.1) is 0 Å². The molecule has 1 saturated heterocycles. The number of aryl methyl sites for hydroxylation is 1. The summed E-state index contributed by atoms with van der Waals surface area (Å²) in [6, 6.07) is 14.9. The molecule has 1 fully saturated rings. The summed E-state index contributed by atoms with van der Waals surface area (Å²) < 4.78 is 0. The number of benzene rings is 2. The second-order valence-electron chi connectivity index (χ2n) is 6.67. The van der Waals surface area contributed by atoms with E-state index in [2.05, 4.69) is 24.4 Å². The first-order valence-corrected chi connectivity index (χ1v) is 8.98. The van der Waals surface area contributed by atoms with Crippen molar-refractivity contribution in [3.05, 3.63) is 70.8 Å². The fourth-order valence-corrected chi connectivity index (χ4v) is 3.00. The zero-order chi connectivity index (χ0) is 19.4. The highest BCUT2D eigenvalue weighted by molar-refractivity contribution is 6.01. The van der Waals surface area contributed by atoms with Crippen LogP contribution in [-0.2, 0) is 24.3 Å². The van der Waals surface area contributed by atoms with E-state index in [0.29, 0.717) is 12.1 Å². The lowest BCUT2D eigenvalue weighted by Crippen LogP contribution is -2.30. The molecule has 0 saturated carbocycles.